The second-order valence-electron chi connectivity index (χ2n) is 7.60. The Morgan fingerprint density at radius 3 is 2.27 bits per heavy atom. The van der Waals surface area contributed by atoms with Crippen LogP contribution >= 0.6 is 23.6 Å². The molecule has 1 amide bonds. The smallest absolute Gasteiger partial charge is 0.262 e. The number of carbonyl (C=O) groups excluding carboxylic acids is 1. The molecule has 164 valence electrons. The largest absolute Gasteiger partial charge is 0.311 e. The number of amides is 1. The second kappa shape index (κ2) is 8.77. The van der Waals surface area contributed by atoms with Gasteiger partial charge in [0.05, 0.1) is 15.8 Å². The van der Waals surface area contributed by atoms with Crippen LogP contribution in [0.3, 0.4) is 0 Å². The van der Waals surface area contributed by atoms with Gasteiger partial charge in [0.15, 0.2) is 3.95 Å². The van der Waals surface area contributed by atoms with Crippen LogP contribution in [0.1, 0.15) is 6.92 Å². The Balaban J connectivity index is 1.77. The minimum Gasteiger partial charge on any atom is -0.311 e. The number of hydrogen-bond donors (Lipinski definition) is 0. The summed E-state index contributed by atoms with van der Waals surface area (Å²) in [5.74, 6) is -0.154. The summed E-state index contributed by atoms with van der Waals surface area (Å²) in [6.07, 6.45) is 0. The molecule has 2 aromatic heterocycles. The van der Waals surface area contributed by atoms with Crippen molar-refractivity contribution in [2.24, 2.45) is 0 Å². The molecule has 5 aromatic rings. The molecule has 2 heterocycles. The zero-order chi connectivity index (χ0) is 22.9. The van der Waals surface area contributed by atoms with E-state index >= 15 is 0 Å². The number of aromatic nitrogens is 2. The number of nitrogens with zero attached hydrogens (tertiary/aromatic N) is 3. The van der Waals surface area contributed by atoms with Gasteiger partial charge in [0.2, 0.25) is 5.91 Å². The summed E-state index contributed by atoms with van der Waals surface area (Å²) in [5.41, 5.74) is 2.97. The van der Waals surface area contributed by atoms with E-state index in [1.807, 2.05) is 90.2 Å². The highest BCUT2D eigenvalue weighted by Crippen LogP contribution is 2.33. The molecule has 5 rings (SSSR count). The van der Waals surface area contributed by atoms with Crippen molar-refractivity contribution < 1.29 is 4.79 Å². The predicted octanol–water partition coefficient (Wildman–Crippen LogP) is 5.77. The number of para-hydroxylation sites is 2. The van der Waals surface area contributed by atoms with Crippen molar-refractivity contribution in [3.05, 3.63) is 99.2 Å². The van der Waals surface area contributed by atoms with E-state index in [4.69, 9.17) is 12.2 Å². The summed E-state index contributed by atoms with van der Waals surface area (Å²) in [7, 11) is 0. The molecule has 5 nitrogen and oxygen atoms in total. The average molecular weight is 472 g/mol. The average Bonchev–Trinajstić information content (AvgIpc) is 3.20. The summed E-state index contributed by atoms with van der Waals surface area (Å²) in [4.78, 5) is 29.7. The molecule has 0 fully saturated rings. The van der Waals surface area contributed by atoms with Crippen molar-refractivity contribution in [1.82, 2.24) is 8.97 Å². The molecule has 7 heteroatoms. The molecular weight excluding hydrogens is 450 g/mol. The minimum atomic E-state index is -0.201. The molecule has 0 unspecified atom stereocenters. The van der Waals surface area contributed by atoms with Gasteiger partial charge in [-0.15, -0.1) is 11.3 Å². The van der Waals surface area contributed by atoms with E-state index in [-0.39, 0.29) is 18.0 Å². The molecule has 0 spiro atoms. The van der Waals surface area contributed by atoms with Crippen molar-refractivity contribution in [1.29, 1.82) is 0 Å². The number of hydrogen-bond acceptors (Lipinski definition) is 4. The van der Waals surface area contributed by atoms with E-state index in [1.165, 1.54) is 11.3 Å². The molecule has 0 aliphatic heterocycles. The molecule has 0 bridgehead atoms. The molecule has 0 saturated heterocycles. The molecule has 3 aromatic carbocycles. The molecule has 0 aliphatic carbocycles. The van der Waals surface area contributed by atoms with Crippen LogP contribution in [-0.4, -0.2) is 21.4 Å². The van der Waals surface area contributed by atoms with Crippen molar-refractivity contribution in [2.45, 2.75) is 13.5 Å². The number of thiazole rings is 1. The van der Waals surface area contributed by atoms with E-state index < -0.39 is 0 Å². The van der Waals surface area contributed by atoms with E-state index in [2.05, 4.69) is 0 Å². The van der Waals surface area contributed by atoms with Gasteiger partial charge in [0.25, 0.3) is 5.56 Å². The number of rotatable bonds is 5. The van der Waals surface area contributed by atoms with Gasteiger partial charge in [-0.1, -0.05) is 60.7 Å². The first-order chi connectivity index (χ1) is 16.1. The van der Waals surface area contributed by atoms with Crippen molar-refractivity contribution >= 4 is 51.7 Å². The SMILES string of the molecule is CCN(C(=O)Cn1c(=O)c2ccccc2n2c(=S)sc(-c3ccccc3)c12)c1ccccc1. The third kappa shape index (κ3) is 3.69. The monoisotopic (exact) mass is 471 g/mol. The van der Waals surface area contributed by atoms with Crippen LogP contribution in [0.25, 0.3) is 27.0 Å². The lowest BCUT2D eigenvalue weighted by atomic mass is 10.2. The Morgan fingerprint density at radius 1 is 0.939 bits per heavy atom. The molecule has 0 radical (unpaired) electrons. The molecular formula is C26H21N3O2S2. The summed E-state index contributed by atoms with van der Waals surface area (Å²) in [6, 6.07) is 26.8. The first-order valence-corrected chi connectivity index (χ1v) is 11.9. The first kappa shape index (κ1) is 21.3. The number of benzene rings is 3. The van der Waals surface area contributed by atoms with Crippen LogP contribution in [0.5, 0.6) is 0 Å². The van der Waals surface area contributed by atoms with E-state index in [0.717, 1.165) is 21.6 Å². The lowest BCUT2D eigenvalue weighted by Crippen LogP contribution is -2.37. The maximum absolute atomic E-state index is 13.7. The first-order valence-electron chi connectivity index (χ1n) is 10.7. The van der Waals surface area contributed by atoms with Gasteiger partial charge in [-0.05, 0) is 49.0 Å². The molecule has 0 N–H and O–H groups in total. The zero-order valence-corrected chi connectivity index (χ0v) is 19.6. The van der Waals surface area contributed by atoms with Gasteiger partial charge < -0.3 is 4.90 Å². The third-order valence-corrected chi connectivity index (χ3v) is 7.09. The van der Waals surface area contributed by atoms with Crippen LogP contribution in [-0.2, 0) is 11.3 Å². The minimum absolute atomic E-state index is 0.0821. The van der Waals surface area contributed by atoms with Crippen molar-refractivity contribution in [3.8, 4) is 10.4 Å². The van der Waals surface area contributed by atoms with E-state index in [0.29, 0.717) is 21.5 Å². The molecule has 33 heavy (non-hydrogen) atoms. The standard InChI is InChI=1S/C26H21N3O2S2/c1-2-27(19-13-7-4-8-14-19)22(30)17-28-24-23(18-11-5-3-6-12-18)33-26(32)29(24)21-16-10-9-15-20(21)25(28)31/h3-16H,2,17H2,1H3. The fraction of sp³-hybridized carbons (Fsp3) is 0.115. The lowest BCUT2D eigenvalue weighted by Gasteiger charge is -2.22. The Morgan fingerprint density at radius 2 is 1.58 bits per heavy atom. The van der Waals surface area contributed by atoms with Crippen LogP contribution in [0.2, 0.25) is 0 Å². The molecule has 0 atom stereocenters. The molecule has 0 aliphatic rings. The van der Waals surface area contributed by atoms with Crippen molar-refractivity contribution in [3.63, 3.8) is 0 Å². The topological polar surface area (TPSA) is 46.7 Å². The maximum Gasteiger partial charge on any atom is 0.262 e. The van der Waals surface area contributed by atoms with E-state index in [9.17, 15) is 9.59 Å². The van der Waals surface area contributed by atoms with Crippen molar-refractivity contribution in [2.75, 3.05) is 11.4 Å². The van der Waals surface area contributed by atoms with Gasteiger partial charge in [-0.2, -0.15) is 0 Å². The number of fused-ring (bicyclic) bond motifs is 3. The van der Waals surface area contributed by atoms with Crippen LogP contribution in [0.4, 0.5) is 5.69 Å². The Kier molecular flexibility index (Phi) is 5.66. The van der Waals surface area contributed by atoms with E-state index in [1.54, 1.807) is 15.5 Å². The van der Waals surface area contributed by atoms with Gasteiger partial charge in [-0.25, -0.2) is 0 Å². The lowest BCUT2D eigenvalue weighted by molar-refractivity contribution is -0.119. The van der Waals surface area contributed by atoms with Gasteiger partial charge >= 0.3 is 0 Å². The maximum atomic E-state index is 13.7. The van der Waals surface area contributed by atoms with Gasteiger partial charge in [0.1, 0.15) is 12.2 Å². The van der Waals surface area contributed by atoms with Crippen LogP contribution < -0.4 is 10.5 Å². The Labute approximate surface area is 199 Å². The highest BCUT2D eigenvalue weighted by molar-refractivity contribution is 7.73. The highest BCUT2D eigenvalue weighted by Gasteiger charge is 2.22. The Bertz CT molecular complexity index is 1590. The number of likely N-dealkylation sites (N-methyl/N-ethyl adjacent to an activating group) is 1. The summed E-state index contributed by atoms with van der Waals surface area (Å²) in [6.45, 7) is 2.35. The Hall–Kier alpha value is -3.55. The van der Waals surface area contributed by atoms with Gasteiger partial charge in [0, 0.05) is 12.2 Å². The fourth-order valence-corrected chi connectivity index (χ4v) is 5.60. The molecule has 0 saturated carbocycles. The third-order valence-electron chi connectivity index (χ3n) is 5.68. The van der Waals surface area contributed by atoms with Crippen LogP contribution in [0.15, 0.2) is 89.7 Å². The van der Waals surface area contributed by atoms with Crippen LogP contribution in [0, 0.1) is 3.95 Å². The fourth-order valence-electron chi connectivity index (χ4n) is 4.17. The highest BCUT2D eigenvalue weighted by atomic mass is 32.1. The second-order valence-corrected chi connectivity index (χ2v) is 9.25. The summed E-state index contributed by atoms with van der Waals surface area (Å²) >= 11 is 7.19. The normalized spacial score (nSPS) is 11.2. The number of anilines is 1. The summed E-state index contributed by atoms with van der Waals surface area (Å²) < 4.78 is 4.13. The summed E-state index contributed by atoms with van der Waals surface area (Å²) in [5, 5.41) is 0.536. The zero-order valence-electron chi connectivity index (χ0n) is 18.0. The number of carbonyl (C=O) groups is 1. The predicted molar refractivity (Wildman–Crippen MR) is 138 cm³/mol. The van der Waals surface area contributed by atoms with Gasteiger partial charge in [-0.3, -0.25) is 18.6 Å². The quantitative estimate of drug-likeness (QED) is 0.306.